The number of halogens is 1. The number of hydrogen-bond acceptors (Lipinski definition) is 2. The van der Waals surface area contributed by atoms with E-state index in [1.165, 1.54) is 11.8 Å². The van der Waals surface area contributed by atoms with Gasteiger partial charge in [-0.1, -0.05) is 31.5 Å². The third kappa shape index (κ3) is 3.76. The first-order valence-electron chi connectivity index (χ1n) is 4.65. The SMILES string of the molecule is CC(Sc1cccc(Cl)c1)C(C)C(=O)O. The second-order valence-electron chi connectivity index (χ2n) is 3.41. The van der Waals surface area contributed by atoms with Crippen LogP contribution in [0.4, 0.5) is 0 Å². The molecule has 2 nitrogen and oxygen atoms in total. The Morgan fingerprint density at radius 1 is 1.47 bits per heavy atom. The van der Waals surface area contributed by atoms with Crippen molar-refractivity contribution in [3.8, 4) is 0 Å². The molecule has 82 valence electrons. The summed E-state index contributed by atoms with van der Waals surface area (Å²) in [4.78, 5) is 11.8. The Morgan fingerprint density at radius 2 is 2.13 bits per heavy atom. The topological polar surface area (TPSA) is 37.3 Å². The molecule has 0 saturated heterocycles. The van der Waals surface area contributed by atoms with Gasteiger partial charge in [0.25, 0.3) is 0 Å². The largest absolute Gasteiger partial charge is 0.481 e. The maximum absolute atomic E-state index is 10.8. The van der Waals surface area contributed by atoms with Gasteiger partial charge in [-0.3, -0.25) is 4.79 Å². The molecule has 0 spiro atoms. The lowest BCUT2D eigenvalue weighted by Crippen LogP contribution is -2.19. The predicted octanol–water partition coefficient (Wildman–Crippen LogP) is 3.54. The monoisotopic (exact) mass is 244 g/mol. The average molecular weight is 245 g/mol. The smallest absolute Gasteiger partial charge is 0.307 e. The van der Waals surface area contributed by atoms with E-state index < -0.39 is 5.97 Å². The van der Waals surface area contributed by atoms with Gasteiger partial charge in [-0.2, -0.15) is 0 Å². The molecule has 1 rings (SSSR count). The minimum Gasteiger partial charge on any atom is -0.481 e. The van der Waals surface area contributed by atoms with Crippen LogP contribution in [0.2, 0.25) is 5.02 Å². The van der Waals surface area contributed by atoms with Crippen LogP contribution in [0.1, 0.15) is 13.8 Å². The van der Waals surface area contributed by atoms with Crippen LogP contribution in [0.25, 0.3) is 0 Å². The van der Waals surface area contributed by atoms with E-state index in [-0.39, 0.29) is 11.2 Å². The summed E-state index contributed by atoms with van der Waals surface area (Å²) in [6.45, 7) is 3.62. The van der Waals surface area contributed by atoms with E-state index in [1.54, 1.807) is 13.0 Å². The van der Waals surface area contributed by atoms with Crippen LogP contribution in [0.15, 0.2) is 29.2 Å². The Morgan fingerprint density at radius 3 is 2.67 bits per heavy atom. The summed E-state index contributed by atoms with van der Waals surface area (Å²) in [7, 11) is 0. The maximum atomic E-state index is 10.8. The number of aliphatic carboxylic acids is 1. The van der Waals surface area contributed by atoms with E-state index >= 15 is 0 Å². The fraction of sp³-hybridized carbons (Fsp3) is 0.364. The highest BCUT2D eigenvalue weighted by molar-refractivity contribution is 8.00. The van der Waals surface area contributed by atoms with Crippen molar-refractivity contribution in [3.05, 3.63) is 29.3 Å². The first-order valence-corrected chi connectivity index (χ1v) is 5.91. The standard InChI is InChI=1S/C11H13ClO2S/c1-7(11(13)14)8(2)15-10-5-3-4-9(12)6-10/h3-8H,1-2H3,(H,13,14). The second-order valence-corrected chi connectivity index (χ2v) is 5.29. The van der Waals surface area contributed by atoms with E-state index in [2.05, 4.69) is 0 Å². The van der Waals surface area contributed by atoms with Crippen LogP contribution in [0, 0.1) is 5.92 Å². The van der Waals surface area contributed by atoms with Crippen molar-refractivity contribution in [2.75, 3.05) is 0 Å². The normalized spacial score (nSPS) is 14.6. The zero-order chi connectivity index (χ0) is 11.4. The van der Waals surface area contributed by atoms with Crippen molar-refractivity contribution in [3.63, 3.8) is 0 Å². The molecule has 2 atom stereocenters. The number of thioether (sulfide) groups is 1. The first kappa shape index (κ1) is 12.4. The van der Waals surface area contributed by atoms with Gasteiger partial charge < -0.3 is 5.11 Å². The van der Waals surface area contributed by atoms with Gasteiger partial charge in [-0.25, -0.2) is 0 Å². The van der Waals surface area contributed by atoms with Gasteiger partial charge in [-0.05, 0) is 18.2 Å². The van der Waals surface area contributed by atoms with Crippen LogP contribution in [0.5, 0.6) is 0 Å². The summed E-state index contributed by atoms with van der Waals surface area (Å²) in [6, 6.07) is 7.44. The van der Waals surface area contributed by atoms with E-state index in [0.717, 1.165) is 4.90 Å². The molecule has 1 aromatic carbocycles. The van der Waals surface area contributed by atoms with Crippen molar-refractivity contribution < 1.29 is 9.90 Å². The molecule has 4 heteroatoms. The summed E-state index contributed by atoms with van der Waals surface area (Å²) < 4.78 is 0. The number of rotatable bonds is 4. The number of carbonyl (C=O) groups is 1. The third-order valence-electron chi connectivity index (χ3n) is 2.21. The predicted molar refractivity (Wildman–Crippen MR) is 63.6 cm³/mol. The molecule has 15 heavy (non-hydrogen) atoms. The third-order valence-corrected chi connectivity index (χ3v) is 3.75. The molecule has 1 aromatic rings. The lowest BCUT2D eigenvalue weighted by atomic mass is 10.1. The lowest BCUT2D eigenvalue weighted by Gasteiger charge is -2.15. The summed E-state index contributed by atoms with van der Waals surface area (Å²) in [6.07, 6.45) is 0. The van der Waals surface area contributed by atoms with Crippen LogP contribution in [-0.2, 0) is 4.79 Å². The van der Waals surface area contributed by atoms with Crippen molar-refractivity contribution >= 4 is 29.3 Å². The highest BCUT2D eigenvalue weighted by Crippen LogP contribution is 2.29. The molecule has 1 N–H and O–H groups in total. The van der Waals surface area contributed by atoms with Gasteiger partial charge in [-0.15, -0.1) is 11.8 Å². The van der Waals surface area contributed by atoms with Gasteiger partial charge in [0.1, 0.15) is 0 Å². The number of carboxylic acids is 1. The molecule has 0 bridgehead atoms. The zero-order valence-corrected chi connectivity index (χ0v) is 10.2. The molecule has 0 heterocycles. The van der Waals surface area contributed by atoms with Gasteiger partial charge in [0.2, 0.25) is 0 Å². The molecule has 0 aliphatic rings. The van der Waals surface area contributed by atoms with Crippen LogP contribution in [-0.4, -0.2) is 16.3 Å². The van der Waals surface area contributed by atoms with Crippen molar-refractivity contribution in [1.82, 2.24) is 0 Å². The molecular weight excluding hydrogens is 232 g/mol. The van der Waals surface area contributed by atoms with E-state index in [9.17, 15) is 4.79 Å². The van der Waals surface area contributed by atoms with Crippen LogP contribution >= 0.6 is 23.4 Å². The molecule has 2 unspecified atom stereocenters. The second kappa shape index (κ2) is 5.42. The molecule has 0 radical (unpaired) electrons. The van der Waals surface area contributed by atoms with E-state index in [1.807, 2.05) is 25.1 Å². The highest BCUT2D eigenvalue weighted by Gasteiger charge is 2.20. The summed E-state index contributed by atoms with van der Waals surface area (Å²) in [5.41, 5.74) is 0. The fourth-order valence-corrected chi connectivity index (χ4v) is 2.41. The van der Waals surface area contributed by atoms with Gasteiger partial charge in [0, 0.05) is 15.2 Å². The van der Waals surface area contributed by atoms with E-state index in [0.29, 0.717) is 5.02 Å². The first-order chi connectivity index (χ1) is 7.00. The molecule has 0 aliphatic heterocycles. The van der Waals surface area contributed by atoms with Crippen molar-refractivity contribution in [2.24, 2.45) is 5.92 Å². The average Bonchev–Trinajstić information content (AvgIpc) is 2.16. The fourth-order valence-electron chi connectivity index (χ4n) is 1.06. The Kier molecular flexibility index (Phi) is 4.48. The molecule has 0 saturated carbocycles. The number of benzene rings is 1. The van der Waals surface area contributed by atoms with Crippen LogP contribution < -0.4 is 0 Å². The van der Waals surface area contributed by atoms with Gasteiger partial charge in [0.15, 0.2) is 0 Å². The maximum Gasteiger partial charge on any atom is 0.307 e. The van der Waals surface area contributed by atoms with E-state index in [4.69, 9.17) is 16.7 Å². The molecule has 0 aromatic heterocycles. The summed E-state index contributed by atoms with van der Waals surface area (Å²) in [5, 5.41) is 9.55. The Labute approximate surface area is 98.6 Å². The zero-order valence-electron chi connectivity index (χ0n) is 8.61. The number of carboxylic acid groups (broad SMARTS) is 1. The molecule has 0 fully saturated rings. The lowest BCUT2D eigenvalue weighted by molar-refractivity contribution is -0.140. The molecule has 0 amide bonds. The summed E-state index contributed by atoms with van der Waals surface area (Å²) >= 11 is 7.37. The van der Waals surface area contributed by atoms with Crippen molar-refractivity contribution in [1.29, 1.82) is 0 Å². The van der Waals surface area contributed by atoms with Crippen molar-refractivity contribution in [2.45, 2.75) is 24.0 Å². The minimum absolute atomic E-state index is 0.0287. The Bertz CT molecular complexity index is 354. The minimum atomic E-state index is -0.767. The van der Waals surface area contributed by atoms with Crippen LogP contribution in [0.3, 0.4) is 0 Å². The van der Waals surface area contributed by atoms with Gasteiger partial charge >= 0.3 is 5.97 Å². The highest BCUT2D eigenvalue weighted by atomic mass is 35.5. The summed E-state index contributed by atoms with van der Waals surface area (Å²) in [5.74, 6) is -1.13. The molecular formula is C11H13ClO2S. The quantitative estimate of drug-likeness (QED) is 0.824. The Hall–Kier alpha value is -0.670. The van der Waals surface area contributed by atoms with Gasteiger partial charge in [0.05, 0.1) is 5.92 Å². The number of hydrogen-bond donors (Lipinski definition) is 1. The molecule has 0 aliphatic carbocycles. The Balaban J connectivity index is 2.66.